The molecule has 2 rings (SSSR count). The molecule has 6 heteroatoms. The molecule has 2 N–H and O–H groups in total. The Morgan fingerprint density at radius 1 is 1.36 bits per heavy atom. The molecule has 74 valence electrons. The van der Waals surface area contributed by atoms with Crippen LogP contribution in [-0.4, -0.2) is 19.5 Å². The highest BCUT2D eigenvalue weighted by Gasteiger charge is 2.10. The van der Waals surface area contributed by atoms with E-state index in [4.69, 9.17) is 0 Å². The summed E-state index contributed by atoms with van der Waals surface area (Å²) in [5.74, 6) is 0.717. The standard InChI is InChI=1S/C8H10N4O2/c1-3-12-4(2)9-6-5(12)7(13)11-8(14)10-6/h3H2,1-2H3,(H2,10,11,13,14). The van der Waals surface area contributed by atoms with Crippen molar-refractivity contribution in [3.8, 4) is 0 Å². The fourth-order valence-electron chi connectivity index (χ4n) is 1.57. The molecule has 0 unspecified atom stereocenters. The van der Waals surface area contributed by atoms with Gasteiger partial charge in [0.25, 0.3) is 5.56 Å². The second-order valence-corrected chi connectivity index (χ2v) is 3.01. The van der Waals surface area contributed by atoms with E-state index in [0.29, 0.717) is 17.7 Å². The monoisotopic (exact) mass is 194 g/mol. The van der Waals surface area contributed by atoms with Gasteiger partial charge in [0.05, 0.1) is 0 Å². The van der Waals surface area contributed by atoms with Gasteiger partial charge in [0.2, 0.25) is 0 Å². The quantitative estimate of drug-likeness (QED) is 0.656. The zero-order valence-corrected chi connectivity index (χ0v) is 7.92. The van der Waals surface area contributed by atoms with E-state index in [1.165, 1.54) is 0 Å². The van der Waals surface area contributed by atoms with Gasteiger partial charge in [-0.1, -0.05) is 0 Å². The highest BCUT2D eigenvalue weighted by atomic mass is 16.2. The van der Waals surface area contributed by atoms with E-state index in [0.717, 1.165) is 5.82 Å². The summed E-state index contributed by atoms with van der Waals surface area (Å²) in [6, 6.07) is 0. The number of hydrogen-bond acceptors (Lipinski definition) is 3. The van der Waals surface area contributed by atoms with Gasteiger partial charge in [-0.2, -0.15) is 0 Å². The van der Waals surface area contributed by atoms with Crippen molar-refractivity contribution >= 4 is 11.2 Å². The normalized spacial score (nSPS) is 11.0. The van der Waals surface area contributed by atoms with Crippen LogP contribution in [0.3, 0.4) is 0 Å². The maximum absolute atomic E-state index is 11.5. The molecule has 2 aromatic heterocycles. The highest BCUT2D eigenvalue weighted by Crippen LogP contribution is 2.06. The average molecular weight is 194 g/mol. The number of fused-ring (bicyclic) bond motifs is 1. The van der Waals surface area contributed by atoms with Gasteiger partial charge in [-0.25, -0.2) is 9.78 Å². The van der Waals surface area contributed by atoms with E-state index in [1.54, 1.807) is 11.5 Å². The first-order valence-corrected chi connectivity index (χ1v) is 4.33. The SMILES string of the molecule is CCn1c(C)nc2[nH]c(=O)[nH]c(=O)c21. The van der Waals surface area contributed by atoms with Crippen molar-refractivity contribution in [3.05, 3.63) is 26.7 Å². The maximum Gasteiger partial charge on any atom is 0.327 e. The largest absolute Gasteiger partial charge is 0.327 e. The molecule has 0 aliphatic carbocycles. The van der Waals surface area contributed by atoms with Crippen LogP contribution in [0.1, 0.15) is 12.7 Å². The molecule has 0 radical (unpaired) electrons. The third kappa shape index (κ3) is 1.07. The molecular weight excluding hydrogens is 184 g/mol. The van der Waals surface area contributed by atoms with Crippen molar-refractivity contribution < 1.29 is 0 Å². The lowest BCUT2D eigenvalue weighted by Gasteiger charge is -1.98. The molecule has 0 aliphatic rings. The Morgan fingerprint density at radius 3 is 2.71 bits per heavy atom. The molecule has 0 bridgehead atoms. The average Bonchev–Trinajstić information content (AvgIpc) is 2.40. The summed E-state index contributed by atoms with van der Waals surface area (Å²) >= 11 is 0. The van der Waals surface area contributed by atoms with Gasteiger partial charge in [0.1, 0.15) is 5.82 Å². The van der Waals surface area contributed by atoms with Crippen LogP contribution in [0.2, 0.25) is 0 Å². The molecule has 2 aromatic rings. The van der Waals surface area contributed by atoms with Gasteiger partial charge >= 0.3 is 5.69 Å². The highest BCUT2D eigenvalue weighted by molar-refractivity contribution is 5.69. The number of aromatic amines is 2. The summed E-state index contributed by atoms with van der Waals surface area (Å²) in [5, 5.41) is 0. The molecule has 0 aromatic carbocycles. The molecule has 0 amide bonds. The molecule has 0 saturated carbocycles. The zero-order valence-electron chi connectivity index (χ0n) is 7.92. The number of aryl methyl sites for hydroxylation is 2. The minimum absolute atomic E-state index is 0.345. The van der Waals surface area contributed by atoms with Crippen molar-refractivity contribution in [2.24, 2.45) is 0 Å². The van der Waals surface area contributed by atoms with Gasteiger partial charge in [-0.3, -0.25) is 14.8 Å². The first-order valence-electron chi connectivity index (χ1n) is 4.33. The van der Waals surface area contributed by atoms with Crippen molar-refractivity contribution in [2.75, 3.05) is 0 Å². The summed E-state index contributed by atoms with van der Waals surface area (Å²) < 4.78 is 1.75. The summed E-state index contributed by atoms with van der Waals surface area (Å²) in [6.07, 6.45) is 0. The van der Waals surface area contributed by atoms with Crippen LogP contribution in [-0.2, 0) is 6.54 Å². The first kappa shape index (κ1) is 8.74. The summed E-state index contributed by atoms with van der Waals surface area (Å²) in [4.78, 5) is 31.2. The molecule has 0 aliphatic heterocycles. The molecule has 2 heterocycles. The number of hydrogen-bond donors (Lipinski definition) is 2. The lowest BCUT2D eigenvalue weighted by atomic mass is 10.5. The Hall–Kier alpha value is -1.85. The number of aromatic nitrogens is 4. The third-order valence-corrected chi connectivity index (χ3v) is 2.15. The topological polar surface area (TPSA) is 83.5 Å². The van der Waals surface area contributed by atoms with Crippen LogP contribution < -0.4 is 11.2 Å². The van der Waals surface area contributed by atoms with Crippen molar-refractivity contribution in [1.29, 1.82) is 0 Å². The van der Waals surface area contributed by atoms with Gasteiger partial charge < -0.3 is 4.57 Å². The Balaban J connectivity index is 3.03. The first-order chi connectivity index (χ1) is 6.63. The molecule has 0 spiro atoms. The van der Waals surface area contributed by atoms with Gasteiger partial charge in [0.15, 0.2) is 11.2 Å². The number of rotatable bonds is 1. The molecule has 0 saturated heterocycles. The fourth-order valence-corrected chi connectivity index (χ4v) is 1.57. The second kappa shape index (κ2) is 2.83. The smallest absolute Gasteiger partial charge is 0.323 e. The van der Waals surface area contributed by atoms with Crippen LogP contribution in [0, 0.1) is 6.92 Å². The van der Waals surface area contributed by atoms with E-state index in [1.807, 2.05) is 6.92 Å². The Morgan fingerprint density at radius 2 is 2.07 bits per heavy atom. The molecule has 0 atom stereocenters. The Labute approximate surface area is 78.6 Å². The van der Waals surface area contributed by atoms with Crippen molar-refractivity contribution in [2.45, 2.75) is 20.4 Å². The van der Waals surface area contributed by atoms with Crippen LogP contribution in [0.25, 0.3) is 11.2 Å². The Bertz CT molecular complexity index is 589. The second-order valence-electron chi connectivity index (χ2n) is 3.01. The lowest BCUT2D eigenvalue weighted by Crippen LogP contribution is -2.23. The lowest BCUT2D eigenvalue weighted by molar-refractivity contribution is 0.750. The van der Waals surface area contributed by atoms with Gasteiger partial charge in [-0.05, 0) is 13.8 Å². The molecule has 14 heavy (non-hydrogen) atoms. The summed E-state index contributed by atoms with van der Waals surface area (Å²) in [7, 11) is 0. The summed E-state index contributed by atoms with van der Waals surface area (Å²) in [5.41, 5.74) is -0.155. The van der Waals surface area contributed by atoms with Crippen LogP contribution >= 0.6 is 0 Å². The van der Waals surface area contributed by atoms with Crippen LogP contribution in [0.5, 0.6) is 0 Å². The molecule has 0 fully saturated rings. The van der Waals surface area contributed by atoms with E-state index < -0.39 is 11.2 Å². The van der Waals surface area contributed by atoms with E-state index in [9.17, 15) is 9.59 Å². The van der Waals surface area contributed by atoms with Crippen molar-refractivity contribution in [3.63, 3.8) is 0 Å². The zero-order chi connectivity index (χ0) is 10.3. The van der Waals surface area contributed by atoms with E-state index in [-0.39, 0.29) is 0 Å². The Kier molecular flexibility index (Phi) is 1.77. The maximum atomic E-state index is 11.5. The minimum Gasteiger partial charge on any atom is -0.323 e. The van der Waals surface area contributed by atoms with Crippen LogP contribution in [0.15, 0.2) is 9.59 Å². The number of nitrogens with one attached hydrogen (secondary N) is 2. The van der Waals surface area contributed by atoms with Gasteiger partial charge in [-0.15, -0.1) is 0 Å². The molecular formula is C8H10N4O2. The van der Waals surface area contributed by atoms with Crippen molar-refractivity contribution in [1.82, 2.24) is 19.5 Å². The third-order valence-electron chi connectivity index (χ3n) is 2.15. The fraction of sp³-hybridized carbons (Fsp3) is 0.375. The molecule has 6 nitrogen and oxygen atoms in total. The predicted octanol–water partition coefficient (Wildman–Crippen LogP) is -0.259. The summed E-state index contributed by atoms with van der Waals surface area (Å²) in [6.45, 7) is 4.36. The van der Waals surface area contributed by atoms with Gasteiger partial charge in [0, 0.05) is 6.54 Å². The van der Waals surface area contributed by atoms with E-state index in [2.05, 4.69) is 15.0 Å². The minimum atomic E-state index is -0.525. The van der Waals surface area contributed by atoms with E-state index >= 15 is 0 Å². The predicted molar refractivity (Wildman–Crippen MR) is 51.4 cm³/mol. The number of imidazole rings is 1. The number of nitrogens with zero attached hydrogens (tertiary/aromatic N) is 2. The van der Waals surface area contributed by atoms with Crippen LogP contribution in [0.4, 0.5) is 0 Å². The number of H-pyrrole nitrogens is 2.